The van der Waals surface area contributed by atoms with E-state index in [1.807, 2.05) is 31.2 Å². The van der Waals surface area contributed by atoms with Crippen LogP contribution in [0.1, 0.15) is 11.3 Å². The number of nitrogens with zero attached hydrogens (tertiary/aromatic N) is 2. The summed E-state index contributed by atoms with van der Waals surface area (Å²) in [7, 11) is 0. The number of nitrogens with two attached hydrogens (primary N) is 1. The third-order valence-electron chi connectivity index (χ3n) is 4.18. The standard InChI is InChI=1S/C20H19N7/c1-12-8-13-9-15(3-5-18(13)24-12)25-19-6-7-23-20(27-19)26-16-2-4-17(22)14(10-16)11-21/h2-11,21,24H,22H2,1H3,(H2,23,25,26,27). The molecule has 27 heavy (non-hydrogen) atoms. The smallest absolute Gasteiger partial charge is 0.229 e. The lowest BCUT2D eigenvalue weighted by molar-refractivity contribution is 1.17. The van der Waals surface area contributed by atoms with Crippen LogP contribution in [-0.2, 0) is 0 Å². The second-order valence-corrected chi connectivity index (χ2v) is 6.26. The first-order chi connectivity index (χ1) is 13.1. The first-order valence-corrected chi connectivity index (χ1v) is 8.47. The third kappa shape index (κ3) is 3.57. The Morgan fingerprint density at radius 1 is 1.04 bits per heavy atom. The average Bonchev–Trinajstić information content (AvgIpc) is 3.03. The molecule has 2 aromatic heterocycles. The number of hydrogen-bond donors (Lipinski definition) is 5. The van der Waals surface area contributed by atoms with Crippen LogP contribution in [0.4, 0.5) is 28.8 Å². The second kappa shape index (κ2) is 6.80. The zero-order chi connectivity index (χ0) is 18.8. The number of aromatic nitrogens is 3. The maximum atomic E-state index is 7.40. The fraction of sp³-hybridized carbons (Fsp3) is 0.0500. The van der Waals surface area contributed by atoms with E-state index < -0.39 is 0 Å². The van der Waals surface area contributed by atoms with E-state index in [1.54, 1.807) is 18.3 Å². The molecule has 0 atom stereocenters. The zero-order valence-corrected chi connectivity index (χ0v) is 14.7. The lowest BCUT2D eigenvalue weighted by Gasteiger charge is -2.10. The number of aromatic amines is 1. The minimum absolute atomic E-state index is 0.458. The van der Waals surface area contributed by atoms with Crippen molar-refractivity contribution in [3.8, 4) is 0 Å². The fourth-order valence-corrected chi connectivity index (χ4v) is 2.90. The highest BCUT2D eigenvalue weighted by atomic mass is 15.1. The highest BCUT2D eigenvalue weighted by molar-refractivity contribution is 5.87. The van der Waals surface area contributed by atoms with Crippen LogP contribution in [-0.4, -0.2) is 21.2 Å². The van der Waals surface area contributed by atoms with E-state index in [1.165, 1.54) is 6.21 Å². The predicted molar refractivity (Wildman–Crippen MR) is 110 cm³/mol. The van der Waals surface area contributed by atoms with Crippen molar-refractivity contribution < 1.29 is 0 Å². The molecule has 134 valence electrons. The van der Waals surface area contributed by atoms with Gasteiger partial charge in [-0.15, -0.1) is 0 Å². The summed E-state index contributed by atoms with van der Waals surface area (Å²) >= 11 is 0. The fourth-order valence-electron chi connectivity index (χ4n) is 2.90. The molecule has 0 saturated heterocycles. The number of rotatable bonds is 5. The van der Waals surface area contributed by atoms with Crippen LogP contribution in [0.25, 0.3) is 10.9 Å². The van der Waals surface area contributed by atoms with Gasteiger partial charge in [-0.3, -0.25) is 0 Å². The quantitative estimate of drug-likeness (QED) is 0.269. The van der Waals surface area contributed by atoms with E-state index in [0.717, 1.165) is 28.0 Å². The normalized spacial score (nSPS) is 10.7. The zero-order valence-electron chi connectivity index (χ0n) is 14.7. The Hall–Kier alpha value is -3.87. The Morgan fingerprint density at radius 3 is 2.70 bits per heavy atom. The van der Waals surface area contributed by atoms with Crippen molar-refractivity contribution in [3.05, 3.63) is 66.0 Å². The van der Waals surface area contributed by atoms with Gasteiger partial charge in [-0.2, -0.15) is 4.98 Å². The highest BCUT2D eigenvalue weighted by Gasteiger charge is 2.04. The Kier molecular flexibility index (Phi) is 4.18. The van der Waals surface area contributed by atoms with Crippen LogP contribution in [0.5, 0.6) is 0 Å². The molecule has 0 aliphatic rings. The summed E-state index contributed by atoms with van der Waals surface area (Å²) in [6, 6.07) is 15.4. The molecule has 2 aromatic carbocycles. The number of nitrogen functional groups attached to an aromatic ring is 1. The highest BCUT2D eigenvalue weighted by Crippen LogP contribution is 2.23. The molecule has 0 amide bonds. The lowest BCUT2D eigenvalue weighted by Crippen LogP contribution is -2.01. The molecule has 2 heterocycles. The first-order valence-electron chi connectivity index (χ1n) is 8.47. The van der Waals surface area contributed by atoms with Gasteiger partial charge in [0.15, 0.2) is 0 Å². The lowest BCUT2D eigenvalue weighted by atomic mass is 10.2. The van der Waals surface area contributed by atoms with Crippen LogP contribution in [0.2, 0.25) is 0 Å². The van der Waals surface area contributed by atoms with Gasteiger partial charge in [-0.05, 0) is 55.5 Å². The summed E-state index contributed by atoms with van der Waals surface area (Å²) in [6.45, 7) is 2.04. The molecule has 0 bridgehead atoms. The van der Waals surface area contributed by atoms with Crippen molar-refractivity contribution in [1.82, 2.24) is 15.0 Å². The number of anilines is 5. The molecule has 4 rings (SSSR count). The number of H-pyrrole nitrogens is 1. The van der Waals surface area contributed by atoms with Gasteiger partial charge in [-0.1, -0.05) is 0 Å². The largest absolute Gasteiger partial charge is 0.398 e. The monoisotopic (exact) mass is 357 g/mol. The van der Waals surface area contributed by atoms with Crippen LogP contribution in [0, 0.1) is 12.3 Å². The van der Waals surface area contributed by atoms with Crippen LogP contribution in [0.15, 0.2) is 54.7 Å². The summed E-state index contributed by atoms with van der Waals surface area (Å²) in [4.78, 5) is 12.1. The maximum Gasteiger partial charge on any atom is 0.229 e. The molecule has 0 saturated carbocycles. The van der Waals surface area contributed by atoms with Crippen LogP contribution < -0.4 is 16.4 Å². The molecule has 6 N–H and O–H groups in total. The van der Waals surface area contributed by atoms with Crippen LogP contribution >= 0.6 is 0 Å². The molecule has 0 radical (unpaired) electrons. The molecular formula is C20H19N7. The molecule has 0 unspecified atom stereocenters. The van der Waals surface area contributed by atoms with Crippen molar-refractivity contribution >= 4 is 45.9 Å². The van der Waals surface area contributed by atoms with E-state index in [2.05, 4.69) is 37.7 Å². The molecule has 7 nitrogen and oxygen atoms in total. The van der Waals surface area contributed by atoms with E-state index in [-0.39, 0.29) is 0 Å². The number of hydrogen-bond acceptors (Lipinski definition) is 6. The molecule has 0 spiro atoms. The molecule has 0 fully saturated rings. The van der Waals surface area contributed by atoms with Crippen molar-refractivity contribution in [2.75, 3.05) is 16.4 Å². The predicted octanol–water partition coefficient (Wildman–Crippen LogP) is 4.33. The van der Waals surface area contributed by atoms with E-state index in [0.29, 0.717) is 23.0 Å². The molecule has 0 aliphatic carbocycles. The van der Waals surface area contributed by atoms with Crippen molar-refractivity contribution in [2.24, 2.45) is 0 Å². The maximum absolute atomic E-state index is 7.40. The van der Waals surface area contributed by atoms with Crippen molar-refractivity contribution in [3.63, 3.8) is 0 Å². The third-order valence-corrected chi connectivity index (χ3v) is 4.18. The minimum atomic E-state index is 0.458. The van der Waals surface area contributed by atoms with E-state index in [9.17, 15) is 0 Å². The van der Waals surface area contributed by atoms with Gasteiger partial charge < -0.3 is 26.8 Å². The molecular weight excluding hydrogens is 338 g/mol. The van der Waals surface area contributed by atoms with Gasteiger partial charge in [0.1, 0.15) is 5.82 Å². The van der Waals surface area contributed by atoms with E-state index >= 15 is 0 Å². The number of aryl methyl sites for hydroxylation is 1. The van der Waals surface area contributed by atoms with Crippen LogP contribution in [0.3, 0.4) is 0 Å². The Balaban J connectivity index is 1.55. The Labute approximate surface area is 156 Å². The topological polar surface area (TPSA) is 116 Å². The van der Waals surface area contributed by atoms with Gasteiger partial charge in [0.25, 0.3) is 0 Å². The van der Waals surface area contributed by atoms with Crippen molar-refractivity contribution in [2.45, 2.75) is 6.92 Å². The first kappa shape index (κ1) is 16.6. The summed E-state index contributed by atoms with van der Waals surface area (Å²) in [5, 5.41) is 15.0. The number of nitrogens with one attached hydrogen (secondary N) is 4. The van der Waals surface area contributed by atoms with Gasteiger partial charge >= 0.3 is 0 Å². The number of benzene rings is 2. The molecule has 0 aliphatic heterocycles. The summed E-state index contributed by atoms with van der Waals surface area (Å²) in [6.07, 6.45) is 2.91. The molecule has 4 aromatic rings. The summed E-state index contributed by atoms with van der Waals surface area (Å²) < 4.78 is 0. The van der Waals surface area contributed by atoms with Gasteiger partial charge in [0.2, 0.25) is 5.95 Å². The Morgan fingerprint density at radius 2 is 1.85 bits per heavy atom. The number of fused-ring (bicyclic) bond motifs is 1. The van der Waals surface area contributed by atoms with Crippen molar-refractivity contribution in [1.29, 1.82) is 5.41 Å². The summed E-state index contributed by atoms with van der Waals surface area (Å²) in [5.41, 5.74) is 11.0. The van der Waals surface area contributed by atoms with Gasteiger partial charge in [0, 0.05) is 51.6 Å². The Bertz CT molecular complexity index is 1130. The SMILES string of the molecule is Cc1cc2cc(Nc3ccnc(Nc4ccc(N)c(C=N)c4)n3)ccc2[nH]1. The molecule has 7 heteroatoms. The summed E-state index contributed by atoms with van der Waals surface area (Å²) in [5.74, 6) is 1.14. The van der Waals surface area contributed by atoms with Gasteiger partial charge in [-0.25, -0.2) is 4.98 Å². The van der Waals surface area contributed by atoms with Gasteiger partial charge in [0.05, 0.1) is 0 Å². The van der Waals surface area contributed by atoms with E-state index in [4.69, 9.17) is 11.1 Å². The average molecular weight is 357 g/mol. The second-order valence-electron chi connectivity index (χ2n) is 6.26. The minimum Gasteiger partial charge on any atom is -0.398 e.